The average Bonchev–Trinajstić information content (AvgIpc) is 2.98. The molecule has 1 aromatic heterocycles. The third-order valence-electron chi connectivity index (χ3n) is 3.81. The highest BCUT2D eigenvalue weighted by Crippen LogP contribution is 2.16. The van der Waals surface area contributed by atoms with Gasteiger partial charge in [-0.2, -0.15) is 0 Å². The molecule has 2 N–H and O–H groups in total. The second-order valence-corrected chi connectivity index (χ2v) is 8.24. The van der Waals surface area contributed by atoms with Crippen LogP contribution in [-0.4, -0.2) is 30.5 Å². The molecule has 0 saturated heterocycles. The molecule has 0 aliphatic heterocycles. The van der Waals surface area contributed by atoms with Crippen molar-refractivity contribution in [1.82, 2.24) is 15.3 Å². The van der Waals surface area contributed by atoms with Crippen LogP contribution in [-0.2, 0) is 15.6 Å². The van der Waals surface area contributed by atoms with Gasteiger partial charge in [0.25, 0.3) is 5.91 Å². The molecule has 6 nitrogen and oxygen atoms in total. The minimum atomic E-state index is -3.09. The first kappa shape index (κ1) is 17.2. The molecule has 0 bridgehead atoms. The van der Waals surface area contributed by atoms with E-state index >= 15 is 0 Å². The number of rotatable bonds is 5. The molecule has 1 unspecified atom stereocenters. The average molecular weight is 357 g/mol. The van der Waals surface area contributed by atoms with Crippen LogP contribution in [0, 0.1) is 0 Å². The topological polar surface area (TPSA) is 91.9 Å². The summed E-state index contributed by atoms with van der Waals surface area (Å²) in [7, 11) is -3.09. The van der Waals surface area contributed by atoms with Crippen molar-refractivity contribution < 1.29 is 13.2 Å². The molecule has 7 heteroatoms. The number of carbonyl (C=O) groups is 1. The first-order chi connectivity index (χ1) is 11.8. The fourth-order valence-corrected chi connectivity index (χ4v) is 3.38. The van der Waals surface area contributed by atoms with Gasteiger partial charge in [0.15, 0.2) is 9.84 Å². The van der Waals surface area contributed by atoms with Crippen molar-refractivity contribution in [3.63, 3.8) is 0 Å². The van der Waals surface area contributed by atoms with Gasteiger partial charge in [0.05, 0.1) is 22.8 Å². The van der Waals surface area contributed by atoms with Gasteiger partial charge in [0.1, 0.15) is 5.82 Å². The van der Waals surface area contributed by atoms with Gasteiger partial charge in [0, 0.05) is 11.8 Å². The van der Waals surface area contributed by atoms with Gasteiger partial charge < -0.3 is 10.3 Å². The lowest BCUT2D eigenvalue weighted by molar-refractivity contribution is 0.0938. The summed E-state index contributed by atoms with van der Waals surface area (Å²) in [6.45, 7) is 1.85. The van der Waals surface area contributed by atoms with E-state index in [1.165, 1.54) is 6.26 Å². The molecule has 130 valence electrons. The summed E-state index contributed by atoms with van der Waals surface area (Å²) in [6, 6.07) is 14.0. The molecule has 1 amide bonds. The zero-order valence-corrected chi connectivity index (χ0v) is 14.8. The summed E-state index contributed by atoms with van der Waals surface area (Å²) in [5.74, 6) is 0.409. The maximum Gasteiger partial charge on any atom is 0.251 e. The zero-order valence-electron chi connectivity index (χ0n) is 14.0. The molecular weight excluding hydrogens is 338 g/mol. The van der Waals surface area contributed by atoms with Gasteiger partial charge in [-0.15, -0.1) is 0 Å². The Morgan fingerprint density at radius 3 is 2.48 bits per heavy atom. The number of hydrogen-bond donors (Lipinski definition) is 2. The number of fused-ring (bicyclic) bond motifs is 1. The second kappa shape index (κ2) is 6.68. The van der Waals surface area contributed by atoms with Gasteiger partial charge in [0.2, 0.25) is 0 Å². The molecule has 25 heavy (non-hydrogen) atoms. The fraction of sp³-hybridized carbons (Fsp3) is 0.222. The van der Waals surface area contributed by atoms with Crippen molar-refractivity contribution in [2.75, 3.05) is 6.26 Å². The van der Waals surface area contributed by atoms with Crippen molar-refractivity contribution in [2.24, 2.45) is 0 Å². The summed E-state index contributed by atoms with van der Waals surface area (Å²) in [6.07, 6.45) is 1.18. The van der Waals surface area contributed by atoms with Gasteiger partial charge in [-0.1, -0.05) is 24.3 Å². The molecule has 3 rings (SSSR count). The summed E-state index contributed by atoms with van der Waals surface area (Å²) in [5.41, 5.74) is 2.90. The smallest absolute Gasteiger partial charge is 0.251 e. The first-order valence-electron chi connectivity index (χ1n) is 7.84. The lowest BCUT2D eigenvalue weighted by atomic mass is 10.1. The Morgan fingerprint density at radius 2 is 1.84 bits per heavy atom. The highest BCUT2D eigenvalue weighted by atomic mass is 32.2. The van der Waals surface area contributed by atoms with Crippen LogP contribution in [0.2, 0.25) is 0 Å². The van der Waals surface area contributed by atoms with Gasteiger partial charge >= 0.3 is 0 Å². The summed E-state index contributed by atoms with van der Waals surface area (Å²) in [5, 5.41) is 2.89. The maximum absolute atomic E-state index is 12.4. The summed E-state index contributed by atoms with van der Waals surface area (Å²) >= 11 is 0. The normalized spacial score (nSPS) is 12.9. The van der Waals surface area contributed by atoms with Crippen LogP contribution in [0.3, 0.4) is 0 Å². The van der Waals surface area contributed by atoms with E-state index in [-0.39, 0.29) is 17.7 Å². The molecule has 2 aromatic carbocycles. The monoisotopic (exact) mass is 357 g/mol. The summed E-state index contributed by atoms with van der Waals surface area (Å²) < 4.78 is 22.6. The molecule has 0 radical (unpaired) electrons. The molecule has 0 spiro atoms. The van der Waals surface area contributed by atoms with E-state index in [2.05, 4.69) is 15.3 Å². The Balaban J connectivity index is 1.70. The summed E-state index contributed by atoms with van der Waals surface area (Å²) in [4.78, 5) is 20.0. The van der Waals surface area contributed by atoms with E-state index in [0.717, 1.165) is 11.0 Å². The first-order valence-corrected chi connectivity index (χ1v) is 9.90. The SMILES string of the molecule is CC(NC(=O)c1ccc(CS(C)(=O)=O)cc1)c1nc2ccccc2[nH]1. The number of imidazole rings is 1. The third-order valence-corrected chi connectivity index (χ3v) is 4.67. The molecule has 0 saturated carbocycles. The number of amides is 1. The number of hydrogen-bond acceptors (Lipinski definition) is 4. The minimum absolute atomic E-state index is 0.0374. The zero-order chi connectivity index (χ0) is 18.0. The number of aromatic nitrogens is 2. The van der Waals surface area contributed by atoms with E-state index in [1.807, 2.05) is 31.2 Å². The lowest BCUT2D eigenvalue weighted by Gasteiger charge is -2.11. The molecular formula is C18H19N3O3S. The predicted molar refractivity (Wildman–Crippen MR) is 97.0 cm³/mol. The van der Waals surface area contributed by atoms with E-state index in [9.17, 15) is 13.2 Å². The van der Waals surface area contributed by atoms with Crippen LogP contribution in [0.4, 0.5) is 0 Å². The second-order valence-electron chi connectivity index (χ2n) is 6.10. The molecule has 0 aliphatic carbocycles. The van der Waals surface area contributed by atoms with Crippen LogP contribution in [0.15, 0.2) is 48.5 Å². The number of sulfone groups is 1. The number of carbonyl (C=O) groups excluding carboxylic acids is 1. The van der Waals surface area contributed by atoms with Gasteiger partial charge in [-0.25, -0.2) is 13.4 Å². The lowest BCUT2D eigenvalue weighted by Crippen LogP contribution is -2.27. The van der Waals surface area contributed by atoms with E-state index in [1.54, 1.807) is 24.3 Å². The molecule has 1 atom stereocenters. The van der Waals surface area contributed by atoms with Crippen molar-refractivity contribution in [2.45, 2.75) is 18.7 Å². The predicted octanol–water partition coefficient (Wildman–Crippen LogP) is 2.60. The molecule has 0 aliphatic rings. The molecule has 1 heterocycles. The largest absolute Gasteiger partial charge is 0.342 e. The van der Waals surface area contributed by atoms with E-state index < -0.39 is 9.84 Å². The Kier molecular flexibility index (Phi) is 4.59. The number of H-pyrrole nitrogens is 1. The number of para-hydroxylation sites is 2. The number of nitrogens with zero attached hydrogens (tertiary/aromatic N) is 1. The van der Waals surface area contributed by atoms with Crippen LogP contribution < -0.4 is 5.32 Å². The van der Waals surface area contributed by atoms with E-state index in [0.29, 0.717) is 17.0 Å². The van der Waals surface area contributed by atoms with Crippen molar-refractivity contribution in [3.05, 3.63) is 65.5 Å². The highest BCUT2D eigenvalue weighted by Gasteiger charge is 2.15. The Hall–Kier alpha value is -2.67. The van der Waals surface area contributed by atoms with Gasteiger partial charge in [-0.05, 0) is 36.8 Å². The Morgan fingerprint density at radius 1 is 1.16 bits per heavy atom. The Bertz CT molecular complexity index is 974. The van der Waals surface area contributed by atoms with Crippen molar-refractivity contribution in [3.8, 4) is 0 Å². The van der Waals surface area contributed by atoms with Crippen molar-refractivity contribution in [1.29, 1.82) is 0 Å². The van der Waals surface area contributed by atoms with Crippen LogP contribution in [0.1, 0.15) is 34.7 Å². The van der Waals surface area contributed by atoms with Crippen molar-refractivity contribution >= 4 is 26.8 Å². The number of nitrogens with one attached hydrogen (secondary N) is 2. The quantitative estimate of drug-likeness (QED) is 0.734. The fourth-order valence-electron chi connectivity index (χ4n) is 2.58. The van der Waals surface area contributed by atoms with Crippen LogP contribution >= 0.6 is 0 Å². The van der Waals surface area contributed by atoms with E-state index in [4.69, 9.17) is 0 Å². The van der Waals surface area contributed by atoms with Crippen LogP contribution in [0.25, 0.3) is 11.0 Å². The third kappa shape index (κ3) is 4.24. The molecule has 3 aromatic rings. The van der Waals surface area contributed by atoms with Gasteiger partial charge in [-0.3, -0.25) is 4.79 Å². The van der Waals surface area contributed by atoms with Crippen LogP contribution in [0.5, 0.6) is 0 Å². The Labute approximate surface area is 146 Å². The highest BCUT2D eigenvalue weighted by molar-refractivity contribution is 7.89. The maximum atomic E-state index is 12.4. The molecule has 0 fully saturated rings. The number of benzene rings is 2. The minimum Gasteiger partial charge on any atom is -0.342 e. The number of aromatic amines is 1. The standard InChI is InChI=1S/C18H19N3O3S/c1-12(17-20-15-5-3-4-6-16(15)21-17)19-18(22)14-9-7-13(8-10-14)11-25(2,23)24/h3-10,12H,11H2,1-2H3,(H,19,22)(H,20,21).